The van der Waals surface area contributed by atoms with Gasteiger partial charge in [-0.1, -0.05) is 32.6 Å². The molecule has 1 N–H and O–H groups in total. The third-order valence-electron chi connectivity index (χ3n) is 7.19. The number of hydrogen-bond donors (Lipinski definition) is 1. The highest BCUT2D eigenvalue weighted by atomic mass is 32.1. The number of amides is 1. The van der Waals surface area contributed by atoms with Crippen LogP contribution in [0.2, 0.25) is 0 Å². The molecule has 2 aromatic heterocycles. The van der Waals surface area contributed by atoms with Gasteiger partial charge in [0.1, 0.15) is 10.8 Å². The second kappa shape index (κ2) is 10.9. The zero-order valence-electron chi connectivity index (χ0n) is 20.8. The molecule has 1 aliphatic heterocycles. The largest absolute Gasteiger partial charge is 0.493 e. The molecular formula is C28H35N3O3S. The van der Waals surface area contributed by atoms with Gasteiger partial charge in [0, 0.05) is 36.5 Å². The van der Waals surface area contributed by atoms with Crippen LogP contribution in [0.4, 0.5) is 4.79 Å². The van der Waals surface area contributed by atoms with Crippen LogP contribution in [0.1, 0.15) is 63.1 Å². The Morgan fingerprint density at radius 1 is 1.26 bits per heavy atom. The van der Waals surface area contributed by atoms with E-state index >= 15 is 0 Å². The topological polar surface area (TPSA) is 65.4 Å². The number of nitrogens with one attached hydrogen (secondary N) is 1. The number of rotatable bonds is 8. The van der Waals surface area contributed by atoms with E-state index in [2.05, 4.69) is 47.3 Å². The van der Waals surface area contributed by atoms with E-state index in [0.717, 1.165) is 65.8 Å². The molecule has 1 aromatic carbocycles. The van der Waals surface area contributed by atoms with Gasteiger partial charge in [-0.05, 0) is 55.9 Å². The van der Waals surface area contributed by atoms with Gasteiger partial charge in [-0.3, -0.25) is 0 Å². The second-order valence-corrected chi connectivity index (χ2v) is 10.6. The molecule has 1 amide bonds. The first-order valence-corrected chi connectivity index (χ1v) is 13.9. The Labute approximate surface area is 211 Å². The number of carbonyl (C=O) groups excluding carboxylic acids is 1. The first-order valence-electron chi connectivity index (χ1n) is 13.0. The number of aromatic nitrogens is 2. The smallest absolute Gasteiger partial charge is 0.412 e. The van der Waals surface area contributed by atoms with Gasteiger partial charge in [-0.15, -0.1) is 11.3 Å². The molecule has 7 heteroatoms. The number of ether oxygens (including phenoxy) is 2. The van der Waals surface area contributed by atoms with Gasteiger partial charge in [-0.25, -0.2) is 9.78 Å². The summed E-state index contributed by atoms with van der Waals surface area (Å²) in [6.45, 7) is 6.48. The van der Waals surface area contributed by atoms with Crippen molar-refractivity contribution in [1.29, 1.82) is 0 Å². The average molecular weight is 494 g/mol. The number of unbranched alkanes of at least 4 members (excludes halogenated alkanes) is 1. The summed E-state index contributed by atoms with van der Waals surface area (Å²) in [6, 6.07) is 8.34. The van der Waals surface area contributed by atoms with E-state index in [1.807, 2.05) is 6.07 Å². The fraction of sp³-hybridized carbons (Fsp3) is 0.500. The molecular weight excluding hydrogens is 458 g/mol. The van der Waals surface area contributed by atoms with Crippen LogP contribution in [0, 0.1) is 12.8 Å². The second-order valence-electron chi connectivity index (χ2n) is 9.72. The predicted molar refractivity (Wildman–Crippen MR) is 140 cm³/mol. The number of benzene rings is 1. The Morgan fingerprint density at radius 3 is 2.94 bits per heavy atom. The summed E-state index contributed by atoms with van der Waals surface area (Å²) < 4.78 is 13.7. The third-order valence-corrected chi connectivity index (χ3v) is 8.08. The van der Waals surface area contributed by atoms with Gasteiger partial charge < -0.3 is 19.4 Å². The van der Waals surface area contributed by atoms with Gasteiger partial charge in [0.2, 0.25) is 0 Å². The highest BCUT2D eigenvalue weighted by Gasteiger charge is 2.23. The Hall–Kier alpha value is -2.80. The molecule has 3 heterocycles. The lowest BCUT2D eigenvalue weighted by atomic mass is 9.89. The van der Waals surface area contributed by atoms with Crippen molar-refractivity contribution < 1.29 is 14.3 Å². The minimum absolute atomic E-state index is 0.387. The third kappa shape index (κ3) is 5.40. The van der Waals surface area contributed by atoms with Crippen LogP contribution in [-0.2, 0) is 13.0 Å². The quantitative estimate of drug-likeness (QED) is 0.343. The van der Waals surface area contributed by atoms with E-state index in [1.165, 1.54) is 37.7 Å². The van der Waals surface area contributed by atoms with Gasteiger partial charge >= 0.3 is 6.09 Å². The van der Waals surface area contributed by atoms with Crippen molar-refractivity contribution in [2.24, 2.45) is 5.92 Å². The lowest BCUT2D eigenvalue weighted by molar-refractivity contribution is 0.200. The number of carbonyl (C=O) groups is 1. The van der Waals surface area contributed by atoms with Gasteiger partial charge in [0.05, 0.1) is 23.7 Å². The van der Waals surface area contributed by atoms with E-state index in [1.54, 1.807) is 11.3 Å². The summed E-state index contributed by atoms with van der Waals surface area (Å²) in [7, 11) is 0. The summed E-state index contributed by atoms with van der Waals surface area (Å²) in [5, 5.41) is 5.98. The summed E-state index contributed by atoms with van der Waals surface area (Å²) in [4.78, 5) is 17.4. The molecule has 0 atom stereocenters. The maximum Gasteiger partial charge on any atom is 0.412 e. The van der Waals surface area contributed by atoms with Crippen molar-refractivity contribution in [1.82, 2.24) is 14.9 Å². The zero-order valence-corrected chi connectivity index (χ0v) is 21.6. The number of thiazole rings is 1. The molecule has 3 aromatic rings. The molecule has 1 aliphatic carbocycles. The molecule has 0 unspecified atom stereocenters. The Balaban J connectivity index is 1.43. The van der Waals surface area contributed by atoms with Crippen LogP contribution in [0.15, 0.2) is 29.6 Å². The summed E-state index contributed by atoms with van der Waals surface area (Å²) >= 11 is 1.65. The molecule has 1 fully saturated rings. The fourth-order valence-corrected chi connectivity index (χ4v) is 5.96. The van der Waals surface area contributed by atoms with Crippen LogP contribution >= 0.6 is 11.3 Å². The van der Waals surface area contributed by atoms with E-state index < -0.39 is 0 Å². The zero-order chi connectivity index (χ0) is 24.2. The van der Waals surface area contributed by atoms with Crippen LogP contribution in [0.3, 0.4) is 0 Å². The molecule has 2 aliphatic rings. The maximum atomic E-state index is 12.4. The number of hydrogen-bond acceptors (Lipinski definition) is 5. The van der Waals surface area contributed by atoms with Gasteiger partial charge in [-0.2, -0.15) is 0 Å². The van der Waals surface area contributed by atoms with Crippen molar-refractivity contribution in [2.75, 3.05) is 13.2 Å². The molecule has 1 saturated carbocycles. The lowest BCUT2D eigenvalue weighted by Crippen LogP contribution is -2.27. The number of nitrogens with zero attached hydrogens (tertiary/aromatic N) is 2. The van der Waals surface area contributed by atoms with Crippen molar-refractivity contribution >= 4 is 17.4 Å². The fourth-order valence-electron chi connectivity index (χ4n) is 5.15. The summed E-state index contributed by atoms with van der Waals surface area (Å²) in [5.74, 6) is 2.25. The molecule has 0 radical (unpaired) electrons. The van der Waals surface area contributed by atoms with Crippen molar-refractivity contribution in [3.8, 4) is 33.5 Å². The average Bonchev–Trinajstić information content (AvgIpc) is 3.60. The highest BCUT2D eigenvalue weighted by molar-refractivity contribution is 7.13. The van der Waals surface area contributed by atoms with Crippen LogP contribution in [0.25, 0.3) is 22.0 Å². The van der Waals surface area contributed by atoms with Crippen molar-refractivity contribution in [2.45, 2.75) is 71.8 Å². The lowest BCUT2D eigenvalue weighted by Gasteiger charge is -2.24. The monoisotopic (exact) mass is 493 g/mol. The van der Waals surface area contributed by atoms with Crippen molar-refractivity contribution in [3.63, 3.8) is 0 Å². The Morgan fingerprint density at radius 2 is 2.11 bits per heavy atom. The minimum Gasteiger partial charge on any atom is -0.493 e. The van der Waals surface area contributed by atoms with E-state index in [-0.39, 0.29) is 6.09 Å². The molecule has 0 saturated heterocycles. The van der Waals surface area contributed by atoms with Gasteiger partial charge in [0.15, 0.2) is 5.75 Å². The standard InChI is InChI=1S/C28H35N3O3S/c1-3-4-13-29-28(32)34-26-16-24(31(19(26)2)17-20-8-6-5-7-9-20)23-18-35-27(30-23)22-10-11-25-21(15-22)12-14-33-25/h10-11,15-16,18,20H,3-9,12-14,17H2,1-2H3,(H,29,32). The van der Waals surface area contributed by atoms with Crippen molar-refractivity contribution in [3.05, 3.63) is 40.9 Å². The molecule has 5 rings (SSSR count). The van der Waals surface area contributed by atoms with E-state index in [9.17, 15) is 4.79 Å². The molecule has 0 spiro atoms. The molecule has 186 valence electrons. The number of fused-ring (bicyclic) bond motifs is 1. The predicted octanol–water partition coefficient (Wildman–Crippen LogP) is 6.99. The summed E-state index contributed by atoms with van der Waals surface area (Å²) in [5.41, 5.74) is 5.32. The normalized spacial score (nSPS) is 15.6. The van der Waals surface area contributed by atoms with E-state index in [0.29, 0.717) is 18.2 Å². The Kier molecular flexibility index (Phi) is 7.42. The molecule has 6 nitrogen and oxygen atoms in total. The van der Waals surface area contributed by atoms with Crippen LogP contribution < -0.4 is 14.8 Å². The molecule has 0 bridgehead atoms. The minimum atomic E-state index is -0.387. The SMILES string of the molecule is CCCCNC(=O)Oc1cc(-c2csc(-c3ccc4c(c3)CCO4)n2)n(CC2CCCCC2)c1C. The molecule has 35 heavy (non-hydrogen) atoms. The summed E-state index contributed by atoms with van der Waals surface area (Å²) in [6.07, 6.45) is 8.98. The highest BCUT2D eigenvalue weighted by Crippen LogP contribution is 2.37. The Bertz CT molecular complexity index is 1180. The van der Waals surface area contributed by atoms with Gasteiger partial charge in [0.25, 0.3) is 0 Å². The first-order chi connectivity index (χ1) is 17.1. The maximum absolute atomic E-state index is 12.4. The van der Waals surface area contributed by atoms with Crippen LogP contribution in [-0.4, -0.2) is 28.8 Å². The van der Waals surface area contributed by atoms with Crippen LogP contribution in [0.5, 0.6) is 11.5 Å². The van der Waals surface area contributed by atoms with E-state index in [4.69, 9.17) is 14.5 Å². The first kappa shape index (κ1) is 23.9.